The van der Waals surface area contributed by atoms with Gasteiger partial charge in [-0.05, 0) is 6.92 Å². The quantitative estimate of drug-likeness (QED) is 0.405. The zero-order chi connectivity index (χ0) is 14.3. The van der Waals surface area contributed by atoms with Gasteiger partial charge in [0.1, 0.15) is 0 Å². The lowest BCUT2D eigenvalue weighted by molar-refractivity contribution is 0.443. The van der Waals surface area contributed by atoms with Crippen LogP contribution in [0.2, 0.25) is 0 Å². The maximum atomic E-state index is 12.0. The number of guanidine groups is 1. The number of nitrogens with zero attached hydrogens (tertiary/aromatic N) is 2. The Bertz CT molecular complexity index is 428. The van der Waals surface area contributed by atoms with Crippen LogP contribution in [-0.2, 0) is 10.0 Å². The number of hydrogen-bond donors (Lipinski definition) is 2. The largest absolute Gasteiger partial charge is 0.370 e. The van der Waals surface area contributed by atoms with Gasteiger partial charge in [0.15, 0.2) is 5.96 Å². The lowest BCUT2D eigenvalue weighted by Gasteiger charge is -2.25. The summed E-state index contributed by atoms with van der Waals surface area (Å²) < 4.78 is 25.6. The first kappa shape index (κ1) is 16.3. The molecule has 0 aromatic carbocycles. The molecule has 6 nitrogen and oxygen atoms in total. The van der Waals surface area contributed by atoms with Crippen molar-refractivity contribution >= 4 is 27.7 Å². The lowest BCUT2D eigenvalue weighted by Crippen LogP contribution is -2.43. The van der Waals surface area contributed by atoms with Crippen LogP contribution < -0.4 is 11.1 Å². The van der Waals surface area contributed by atoms with Crippen molar-refractivity contribution < 1.29 is 8.42 Å². The van der Waals surface area contributed by atoms with Crippen molar-refractivity contribution in [2.45, 2.75) is 6.92 Å². The predicted octanol–water partition coefficient (Wildman–Crippen LogP) is -0.155. The van der Waals surface area contributed by atoms with Crippen molar-refractivity contribution in [1.29, 1.82) is 0 Å². The molecule has 19 heavy (non-hydrogen) atoms. The van der Waals surface area contributed by atoms with Crippen LogP contribution in [0.5, 0.6) is 0 Å². The summed E-state index contributed by atoms with van der Waals surface area (Å²) in [6.45, 7) is 7.51. The third-order valence-electron chi connectivity index (χ3n) is 2.55. The first-order chi connectivity index (χ1) is 8.92. The fourth-order valence-electron chi connectivity index (χ4n) is 1.54. The number of sulfonamides is 1. The van der Waals surface area contributed by atoms with Crippen LogP contribution in [0.1, 0.15) is 6.92 Å². The van der Waals surface area contributed by atoms with Crippen molar-refractivity contribution in [3.8, 4) is 0 Å². The smallest absolute Gasteiger partial charge is 0.215 e. The Hall–Kier alpha value is -0.730. The van der Waals surface area contributed by atoms with Gasteiger partial charge in [-0.3, -0.25) is 0 Å². The molecule has 8 heteroatoms. The van der Waals surface area contributed by atoms with E-state index in [1.165, 1.54) is 0 Å². The Labute approximate surface area is 119 Å². The Morgan fingerprint density at radius 1 is 1.47 bits per heavy atom. The molecule has 0 amide bonds. The van der Waals surface area contributed by atoms with Gasteiger partial charge >= 0.3 is 0 Å². The lowest BCUT2D eigenvalue weighted by atomic mass is 10.4. The fourth-order valence-corrected chi connectivity index (χ4v) is 4.03. The molecule has 0 bridgehead atoms. The van der Waals surface area contributed by atoms with Crippen molar-refractivity contribution in [3.05, 3.63) is 12.2 Å². The van der Waals surface area contributed by atoms with E-state index in [0.717, 1.165) is 17.1 Å². The van der Waals surface area contributed by atoms with Gasteiger partial charge in [-0.15, -0.1) is 0 Å². The summed E-state index contributed by atoms with van der Waals surface area (Å²) >= 11 is 1.78. The highest BCUT2D eigenvalue weighted by molar-refractivity contribution is 7.99. The van der Waals surface area contributed by atoms with Crippen LogP contribution >= 0.6 is 11.8 Å². The van der Waals surface area contributed by atoms with Crippen LogP contribution in [0, 0.1) is 0 Å². The Morgan fingerprint density at radius 2 is 2.11 bits per heavy atom. The second-order valence-corrected chi connectivity index (χ2v) is 7.73. The van der Waals surface area contributed by atoms with E-state index in [-0.39, 0.29) is 18.3 Å². The topological polar surface area (TPSA) is 87.8 Å². The number of nitrogens with two attached hydrogens (primary N) is 1. The molecule has 1 rings (SSSR count). The Balaban J connectivity index is 2.34. The van der Waals surface area contributed by atoms with E-state index in [2.05, 4.69) is 16.9 Å². The molecule has 1 heterocycles. The van der Waals surface area contributed by atoms with Gasteiger partial charge in [-0.2, -0.15) is 11.8 Å². The molecule has 1 saturated heterocycles. The van der Waals surface area contributed by atoms with Gasteiger partial charge in [-0.25, -0.2) is 17.7 Å². The molecule has 110 valence electrons. The maximum Gasteiger partial charge on any atom is 0.215 e. The molecular weight excluding hydrogens is 284 g/mol. The Morgan fingerprint density at radius 3 is 2.68 bits per heavy atom. The highest BCUT2D eigenvalue weighted by Gasteiger charge is 2.23. The van der Waals surface area contributed by atoms with E-state index in [0.29, 0.717) is 19.6 Å². The zero-order valence-electron chi connectivity index (χ0n) is 11.3. The van der Waals surface area contributed by atoms with E-state index in [4.69, 9.17) is 5.73 Å². The molecule has 0 aromatic heterocycles. The first-order valence-corrected chi connectivity index (χ1v) is 8.92. The SMILES string of the molecule is C=C(C)CN=C(N)NCCS(=O)(=O)N1CCSCC1. The maximum absolute atomic E-state index is 12.0. The average molecular weight is 306 g/mol. The van der Waals surface area contributed by atoms with Gasteiger partial charge in [0, 0.05) is 31.1 Å². The summed E-state index contributed by atoms with van der Waals surface area (Å²) in [5, 5.41) is 2.81. The van der Waals surface area contributed by atoms with Crippen LogP contribution in [0.25, 0.3) is 0 Å². The molecule has 0 spiro atoms. The molecule has 0 saturated carbocycles. The van der Waals surface area contributed by atoms with Crippen molar-refractivity contribution in [1.82, 2.24) is 9.62 Å². The van der Waals surface area contributed by atoms with Gasteiger partial charge in [0.05, 0.1) is 12.3 Å². The monoisotopic (exact) mass is 306 g/mol. The van der Waals surface area contributed by atoms with Crippen LogP contribution in [-0.4, -0.2) is 62.1 Å². The minimum atomic E-state index is -3.18. The van der Waals surface area contributed by atoms with E-state index >= 15 is 0 Å². The van der Waals surface area contributed by atoms with Gasteiger partial charge in [-0.1, -0.05) is 12.2 Å². The van der Waals surface area contributed by atoms with Crippen molar-refractivity contribution in [2.24, 2.45) is 10.7 Å². The molecule has 0 aliphatic carbocycles. The first-order valence-electron chi connectivity index (χ1n) is 6.15. The fraction of sp³-hybridized carbons (Fsp3) is 0.727. The normalized spacial score (nSPS) is 18.3. The molecule has 0 radical (unpaired) electrons. The van der Waals surface area contributed by atoms with Crippen molar-refractivity contribution in [3.63, 3.8) is 0 Å². The predicted molar refractivity (Wildman–Crippen MR) is 82.0 cm³/mol. The molecule has 0 unspecified atom stereocenters. The van der Waals surface area contributed by atoms with Crippen molar-refractivity contribution in [2.75, 3.05) is 43.4 Å². The molecule has 1 aliphatic rings. The van der Waals surface area contributed by atoms with E-state index in [1.807, 2.05) is 6.92 Å². The molecule has 0 aromatic rings. The summed E-state index contributed by atoms with van der Waals surface area (Å²) in [4.78, 5) is 4.03. The van der Waals surface area contributed by atoms with Gasteiger partial charge in [0.2, 0.25) is 10.0 Å². The molecule has 1 fully saturated rings. The number of rotatable bonds is 6. The zero-order valence-corrected chi connectivity index (χ0v) is 12.9. The minimum absolute atomic E-state index is 0.0426. The summed E-state index contributed by atoms with van der Waals surface area (Å²) in [5.74, 6) is 2.04. The second-order valence-electron chi connectivity index (χ2n) is 4.41. The summed E-state index contributed by atoms with van der Waals surface area (Å²) in [6.07, 6.45) is 0. The van der Waals surface area contributed by atoms with E-state index in [9.17, 15) is 8.42 Å². The molecule has 0 atom stereocenters. The second kappa shape index (κ2) is 7.76. The molecule has 3 N–H and O–H groups in total. The highest BCUT2D eigenvalue weighted by atomic mass is 32.2. The Kier molecular flexibility index (Phi) is 6.67. The van der Waals surface area contributed by atoms with Crippen LogP contribution in [0.15, 0.2) is 17.1 Å². The molecule has 1 aliphatic heterocycles. The third kappa shape index (κ3) is 6.31. The van der Waals surface area contributed by atoms with Crippen LogP contribution in [0.4, 0.5) is 0 Å². The average Bonchev–Trinajstić information content (AvgIpc) is 2.37. The number of thioether (sulfide) groups is 1. The van der Waals surface area contributed by atoms with Gasteiger partial charge in [0.25, 0.3) is 0 Å². The standard InChI is InChI=1S/C11H22N4O2S2/c1-10(2)9-14-11(12)13-3-8-19(16,17)15-4-6-18-7-5-15/h1,3-9H2,2H3,(H3,12,13,14). The number of hydrogen-bond acceptors (Lipinski definition) is 4. The summed E-state index contributed by atoms with van der Waals surface area (Å²) in [5.41, 5.74) is 6.52. The summed E-state index contributed by atoms with van der Waals surface area (Å²) in [7, 11) is -3.18. The van der Waals surface area contributed by atoms with E-state index in [1.54, 1.807) is 16.1 Å². The van der Waals surface area contributed by atoms with Crippen LogP contribution in [0.3, 0.4) is 0 Å². The number of nitrogens with one attached hydrogen (secondary N) is 1. The molecular formula is C11H22N4O2S2. The summed E-state index contributed by atoms with van der Waals surface area (Å²) in [6, 6.07) is 0. The number of aliphatic imine (C=N–C) groups is 1. The third-order valence-corrected chi connectivity index (χ3v) is 5.36. The van der Waals surface area contributed by atoms with Gasteiger partial charge < -0.3 is 11.1 Å². The minimum Gasteiger partial charge on any atom is -0.370 e. The highest BCUT2D eigenvalue weighted by Crippen LogP contribution is 2.12. The van der Waals surface area contributed by atoms with E-state index < -0.39 is 10.0 Å².